The molecule has 1 fully saturated rings. The fraction of sp³-hybridized carbons (Fsp3) is 0.167. The molecule has 3 aromatic rings. The quantitative estimate of drug-likeness (QED) is 0.231. The van der Waals surface area contributed by atoms with Crippen LogP contribution in [0.5, 0.6) is 0 Å². The van der Waals surface area contributed by atoms with E-state index in [9.17, 15) is 31.5 Å². The summed E-state index contributed by atoms with van der Waals surface area (Å²) in [4.78, 5) is 25.5. The van der Waals surface area contributed by atoms with Crippen LogP contribution in [0.4, 0.5) is 33.3 Å². The first-order valence-corrected chi connectivity index (χ1v) is 11.8. The zero-order valence-electron chi connectivity index (χ0n) is 18.1. The third kappa shape index (κ3) is 5.65. The standard InChI is InChI=1S/C24H13Cl4F5N2O2/c25-15-5-3-12(9-13(15)21(36)35-18-6-2-11(29)8-17(18)30)34-22(37)20-19(23(20,27)28)10-1-4-14(16(26)7-10)24(31,32)33/h1-9,19-20H,(H,34,37)(H,35,36). The molecular formula is C24H13Cl4F5N2O2. The van der Waals surface area contributed by atoms with Gasteiger partial charge in [-0.25, -0.2) is 8.78 Å². The van der Waals surface area contributed by atoms with Gasteiger partial charge < -0.3 is 10.6 Å². The number of carbonyl (C=O) groups is 2. The first-order chi connectivity index (χ1) is 17.2. The molecule has 2 unspecified atom stereocenters. The molecule has 2 N–H and O–H groups in total. The second kappa shape index (κ2) is 9.94. The Balaban J connectivity index is 1.51. The number of anilines is 2. The minimum atomic E-state index is -4.66. The molecule has 13 heteroatoms. The number of hydrogen-bond acceptors (Lipinski definition) is 2. The molecule has 4 nitrogen and oxygen atoms in total. The van der Waals surface area contributed by atoms with Crippen LogP contribution in [0.3, 0.4) is 0 Å². The van der Waals surface area contributed by atoms with Crippen molar-refractivity contribution in [3.8, 4) is 0 Å². The molecule has 0 saturated heterocycles. The minimum Gasteiger partial charge on any atom is -0.326 e. The lowest BCUT2D eigenvalue weighted by Gasteiger charge is -2.11. The monoisotopic (exact) mass is 596 g/mol. The summed E-state index contributed by atoms with van der Waals surface area (Å²) in [7, 11) is 0. The average Bonchev–Trinajstić information content (AvgIpc) is 3.38. The zero-order chi connectivity index (χ0) is 27.3. The Morgan fingerprint density at radius 2 is 1.57 bits per heavy atom. The van der Waals surface area contributed by atoms with Gasteiger partial charge in [-0.2, -0.15) is 13.2 Å². The van der Waals surface area contributed by atoms with E-state index in [0.29, 0.717) is 6.07 Å². The molecule has 194 valence electrons. The number of benzene rings is 3. The molecular weight excluding hydrogens is 585 g/mol. The van der Waals surface area contributed by atoms with Gasteiger partial charge in [-0.15, -0.1) is 23.2 Å². The highest BCUT2D eigenvalue weighted by Gasteiger charge is 2.67. The number of carbonyl (C=O) groups excluding carboxylic acids is 2. The van der Waals surface area contributed by atoms with Crippen molar-refractivity contribution in [1.29, 1.82) is 0 Å². The van der Waals surface area contributed by atoms with Crippen molar-refractivity contribution in [3.05, 3.63) is 93.0 Å². The number of halogens is 9. The normalized spacial score (nSPS) is 18.3. The molecule has 1 aliphatic carbocycles. The third-order valence-electron chi connectivity index (χ3n) is 5.65. The van der Waals surface area contributed by atoms with Crippen molar-refractivity contribution in [2.75, 3.05) is 10.6 Å². The number of nitrogens with one attached hydrogen (secondary N) is 2. The Morgan fingerprint density at radius 1 is 0.865 bits per heavy atom. The van der Waals surface area contributed by atoms with Crippen molar-refractivity contribution in [2.24, 2.45) is 5.92 Å². The molecule has 2 atom stereocenters. The smallest absolute Gasteiger partial charge is 0.326 e. The summed E-state index contributed by atoms with van der Waals surface area (Å²) in [5.41, 5.74) is -1.11. The fourth-order valence-electron chi connectivity index (χ4n) is 3.80. The maximum absolute atomic E-state index is 13.9. The van der Waals surface area contributed by atoms with E-state index in [-0.39, 0.29) is 27.5 Å². The minimum absolute atomic E-state index is 0.0225. The average molecular weight is 598 g/mol. The van der Waals surface area contributed by atoms with E-state index in [1.807, 2.05) is 0 Å². The Kier molecular flexibility index (Phi) is 7.38. The lowest BCUT2D eigenvalue weighted by atomic mass is 10.1. The third-order valence-corrected chi connectivity index (χ3v) is 7.23. The first kappa shape index (κ1) is 27.4. The van der Waals surface area contributed by atoms with Gasteiger partial charge >= 0.3 is 6.18 Å². The van der Waals surface area contributed by atoms with Crippen LogP contribution in [-0.2, 0) is 11.0 Å². The van der Waals surface area contributed by atoms with Crippen LogP contribution in [0.2, 0.25) is 10.0 Å². The summed E-state index contributed by atoms with van der Waals surface area (Å²) in [5.74, 6) is -5.25. The zero-order valence-corrected chi connectivity index (χ0v) is 21.1. The number of rotatable bonds is 5. The molecule has 2 amide bonds. The summed E-state index contributed by atoms with van der Waals surface area (Å²) >= 11 is 24.4. The highest BCUT2D eigenvalue weighted by atomic mass is 35.5. The van der Waals surface area contributed by atoms with Gasteiger partial charge in [-0.05, 0) is 48.0 Å². The predicted octanol–water partition coefficient (Wildman–Crippen LogP) is 8.07. The van der Waals surface area contributed by atoms with Crippen molar-refractivity contribution in [3.63, 3.8) is 0 Å². The molecule has 0 bridgehead atoms. The Bertz CT molecular complexity index is 1410. The van der Waals surface area contributed by atoms with Gasteiger partial charge in [0.25, 0.3) is 5.91 Å². The van der Waals surface area contributed by atoms with Crippen molar-refractivity contribution in [1.82, 2.24) is 0 Å². The molecule has 0 spiro atoms. The SMILES string of the molecule is O=C(Nc1ccc(F)cc1F)c1cc(NC(=O)C2C(c3ccc(C(F)(F)F)c(Cl)c3)C2(Cl)Cl)ccc1Cl. The second-order valence-corrected chi connectivity index (χ2v) is 10.4. The topological polar surface area (TPSA) is 58.2 Å². The maximum Gasteiger partial charge on any atom is 0.417 e. The fourth-order valence-corrected chi connectivity index (χ4v) is 5.13. The highest BCUT2D eigenvalue weighted by molar-refractivity contribution is 6.53. The lowest BCUT2D eigenvalue weighted by molar-refractivity contribution is -0.137. The molecule has 0 heterocycles. The summed E-state index contributed by atoms with van der Waals surface area (Å²) in [6.07, 6.45) is -4.66. The number of alkyl halides is 5. The van der Waals surface area contributed by atoms with Crippen molar-refractivity contribution in [2.45, 2.75) is 16.4 Å². The Morgan fingerprint density at radius 3 is 2.19 bits per heavy atom. The van der Waals surface area contributed by atoms with E-state index in [0.717, 1.165) is 30.3 Å². The van der Waals surface area contributed by atoms with Crippen LogP contribution in [0.1, 0.15) is 27.4 Å². The molecule has 1 aliphatic rings. The van der Waals surface area contributed by atoms with E-state index in [4.69, 9.17) is 46.4 Å². The Hall–Kier alpha value is -2.59. The van der Waals surface area contributed by atoms with E-state index in [1.165, 1.54) is 18.2 Å². The number of hydrogen-bond donors (Lipinski definition) is 2. The van der Waals surface area contributed by atoms with E-state index < -0.39 is 56.4 Å². The molecule has 37 heavy (non-hydrogen) atoms. The van der Waals surface area contributed by atoms with Crippen LogP contribution in [0.25, 0.3) is 0 Å². The van der Waals surface area contributed by atoms with Crippen LogP contribution in [0, 0.1) is 17.6 Å². The van der Waals surface area contributed by atoms with Gasteiger partial charge in [0.05, 0.1) is 32.8 Å². The second-order valence-electron chi connectivity index (χ2n) is 8.13. The Labute approximate surface area is 226 Å². The predicted molar refractivity (Wildman–Crippen MR) is 132 cm³/mol. The molecule has 0 radical (unpaired) electrons. The summed E-state index contributed by atoms with van der Waals surface area (Å²) in [6.45, 7) is 0. The lowest BCUT2D eigenvalue weighted by Crippen LogP contribution is -2.18. The van der Waals surface area contributed by atoms with E-state index in [1.54, 1.807) is 0 Å². The van der Waals surface area contributed by atoms with Crippen molar-refractivity contribution < 1.29 is 31.5 Å². The van der Waals surface area contributed by atoms with Gasteiger partial charge in [0.2, 0.25) is 5.91 Å². The molecule has 1 saturated carbocycles. The first-order valence-electron chi connectivity index (χ1n) is 10.3. The summed E-state index contributed by atoms with van der Waals surface area (Å²) in [6, 6.07) is 9.46. The maximum atomic E-state index is 13.9. The molecule has 0 aliphatic heterocycles. The van der Waals surface area contributed by atoms with Gasteiger partial charge in [0.15, 0.2) is 0 Å². The van der Waals surface area contributed by atoms with Gasteiger partial charge in [-0.1, -0.05) is 29.3 Å². The summed E-state index contributed by atoms with van der Waals surface area (Å²) < 4.78 is 64.4. The van der Waals surface area contributed by atoms with Crippen LogP contribution < -0.4 is 10.6 Å². The van der Waals surface area contributed by atoms with Crippen molar-refractivity contribution >= 4 is 69.6 Å². The molecule has 0 aromatic heterocycles. The molecule has 4 rings (SSSR count). The van der Waals surface area contributed by atoms with Crippen LogP contribution in [0.15, 0.2) is 54.6 Å². The van der Waals surface area contributed by atoms with Gasteiger partial charge in [0.1, 0.15) is 16.0 Å². The largest absolute Gasteiger partial charge is 0.417 e. The molecule has 3 aromatic carbocycles. The van der Waals surface area contributed by atoms with E-state index in [2.05, 4.69) is 10.6 Å². The van der Waals surface area contributed by atoms with Crippen LogP contribution >= 0.6 is 46.4 Å². The highest BCUT2D eigenvalue weighted by Crippen LogP contribution is 2.65. The van der Waals surface area contributed by atoms with Gasteiger partial charge in [0, 0.05) is 17.7 Å². The summed E-state index contributed by atoms with van der Waals surface area (Å²) in [5, 5.41) is 4.21. The van der Waals surface area contributed by atoms with Gasteiger partial charge in [-0.3, -0.25) is 9.59 Å². The van der Waals surface area contributed by atoms with Crippen LogP contribution in [-0.4, -0.2) is 16.1 Å². The van der Waals surface area contributed by atoms with E-state index >= 15 is 0 Å². The number of amides is 2.